The van der Waals surface area contributed by atoms with Gasteiger partial charge in [0.2, 0.25) is 0 Å². The standard InChI is InChI=1S/C14H18IN3OS/c15-11-3-1-10(2-4-11)14(19)17-12-5-7-18(8-6-12)9-13(16)20/h1-4,12H,5-9H2,(H2,16,20)(H,17,19). The predicted molar refractivity (Wildman–Crippen MR) is 92.9 cm³/mol. The lowest BCUT2D eigenvalue weighted by Crippen LogP contribution is -2.46. The molecular weight excluding hydrogens is 385 g/mol. The molecule has 1 aliphatic rings. The molecule has 2 rings (SSSR count). The second-order valence-electron chi connectivity index (χ2n) is 5.00. The van der Waals surface area contributed by atoms with Gasteiger partial charge in [0.25, 0.3) is 5.91 Å². The third-order valence-electron chi connectivity index (χ3n) is 3.41. The third kappa shape index (κ3) is 4.68. The number of carbonyl (C=O) groups excluding carboxylic acids is 1. The third-order valence-corrected chi connectivity index (χ3v) is 4.26. The second-order valence-corrected chi connectivity index (χ2v) is 6.77. The van der Waals surface area contributed by atoms with Crippen LogP contribution in [-0.2, 0) is 0 Å². The Morgan fingerprint density at radius 2 is 1.95 bits per heavy atom. The minimum absolute atomic E-state index is 0.00851. The topological polar surface area (TPSA) is 58.4 Å². The fraction of sp³-hybridized carbons (Fsp3) is 0.429. The van der Waals surface area contributed by atoms with Gasteiger partial charge in [-0.15, -0.1) is 0 Å². The maximum absolute atomic E-state index is 12.1. The molecule has 0 bridgehead atoms. The largest absolute Gasteiger partial charge is 0.392 e. The van der Waals surface area contributed by atoms with Gasteiger partial charge < -0.3 is 11.1 Å². The fourth-order valence-electron chi connectivity index (χ4n) is 2.33. The zero-order chi connectivity index (χ0) is 14.5. The van der Waals surface area contributed by atoms with E-state index in [4.69, 9.17) is 18.0 Å². The maximum Gasteiger partial charge on any atom is 0.251 e. The Labute approximate surface area is 138 Å². The number of thiocarbonyl (C=S) groups is 1. The van der Waals surface area contributed by atoms with E-state index < -0.39 is 0 Å². The first-order valence-corrected chi connectivity index (χ1v) is 8.10. The Kier molecular flexibility index (Phi) is 5.74. The van der Waals surface area contributed by atoms with E-state index in [0.717, 1.165) is 35.1 Å². The first kappa shape index (κ1) is 15.7. The summed E-state index contributed by atoms with van der Waals surface area (Å²) < 4.78 is 1.13. The van der Waals surface area contributed by atoms with E-state index in [1.165, 1.54) is 0 Å². The molecule has 6 heteroatoms. The Hall–Kier alpha value is -0.730. The number of halogens is 1. The van der Waals surface area contributed by atoms with Crippen molar-refractivity contribution >= 4 is 45.7 Å². The summed E-state index contributed by atoms with van der Waals surface area (Å²) in [5, 5.41) is 3.10. The Morgan fingerprint density at radius 1 is 1.35 bits per heavy atom. The molecule has 0 aliphatic carbocycles. The summed E-state index contributed by atoms with van der Waals surface area (Å²) in [6.45, 7) is 2.52. The summed E-state index contributed by atoms with van der Waals surface area (Å²) in [6, 6.07) is 7.85. The minimum Gasteiger partial charge on any atom is -0.392 e. The predicted octanol–water partition coefficient (Wildman–Crippen LogP) is 1.77. The summed E-state index contributed by atoms with van der Waals surface area (Å²) >= 11 is 7.14. The Balaban J connectivity index is 1.82. The van der Waals surface area contributed by atoms with Crippen molar-refractivity contribution in [2.45, 2.75) is 18.9 Å². The molecule has 108 valence electrons. The molecule has 20 heavy (non-hydrogen) atoms. The van der Waals surface area contributed by atoms with Crippen molar-refractivity contribution in [2.24, 2.45) is 5.73 Å². The highest BCUT2D eigenvalue weighted by Crippen LogP contribution is 2.12. The molecule has 0 saturated carbocycles. The molecule has 0 atom stereocenters. The minimum atomic E-state index is 0.00851. The van der Waals surface area contributed by atoms with E-state index in [-0.39, 0.29) is 11.9 Å². The van der Waals surface area contributed by atoms with Crippen LogP contribution in [0.5, 0.6) is 0 Å². The van der Waals surface area contributed by atoms with Crippen LogP contribution in [0.3, 0.4) is 0 Å². The van der Waals surface area contributed by atoms with Crippen molar-refractivity contribution in [3.8, 4) is 0 Å². The number of piperidine rings is 1. The lowest BCUT2D eigenvalue weighted by molar-refractivity contribution is 0.0915. The van der Waals surface area contributed by atoms with E-state index in [2.05, 4.69) is 32.8 Å². The van der Waals surface area contributed by atoms with Crippen LogP contribution in [0.2, 0.25) is 0 Å². The molecule has 1 heterocycles. The summed E-state index contributed by atoms with van der Waals surface area (Å²) in [5.41, 5.74) is 6.26. The quantitative estimate of drug-likeness (QED) is 0.595. The Morgan fingerprint density at radius 3 is 2.50 bits per heavy atom. The molecule has 1 amide bonds. The second kappa shape index (κ2) is 7.33. The molecule has 1 fully saturated rings. The molecule has 0 aromatic heterocycles. The van der Waals surface area contributed by atoms with Gasteiger partial charge in [0.15, 0.2) is 0 Å². The van der Waals surface area contributed by atoms with E-state index >= 15 is 0 Å². The van der Waals surface area contributed by atoms with Gasteiger partial charge in [-0.05, 0) is 59.7 Å². The number of amides is 1. The fourth-order valence-corrected chi connectivity index (χ4v) is 2.87. The monoisotopic (exact) mass is 403 g/mol. The van der Waals surface area contributed by atoms with Crippen LogP contribution in [0, 0.1) is 3.57 Å². The number of nitrogens with two attached hydrogens (primary N) is 1. The van der Waals surface area contributed by atoms with Gasteiger partial charge in [0.1, 0.15) is 0 Å². The normalized spacial score (nSPS) is 16.9. The first-order valence-electron chi connectivity index (χ1n) is 6.61. The molecule has 1 aromatic carbocycles. The molecule has 1 saturated heterocycles. The average Bonchev–Trinajstić information content (AvgIpc) is 2.41. The molecule has 1 aromatic rings. The highest BCUT2D eigenvalue weighted by molar-refractivity contribution is 14.1. The number of benzene rings is 1. The Bertz CT molecular complexity index is 484. The lowest BCUT2D eigenvalue weighted by Gasteiger charge is -2.31. The van der Waals surface area contributed by atoms with Crippen LogP contribution in [-0.4, -0.2) is 41.5 Å². The zero-order valence-electron chi connectivity index (χ0n) is 11.1. The van der Waals surface area contributed by atoms with E-state index in [1.807, 2.05) is 24.3 Å². The van der Waals surface area contributed by atoms with Crippen LogP contribution in [0.1, 0.15) is 23.2 Å². The number of nitrogens with one attached hydrogen (secondary N) is 1. The average molecular weight is 403 g/mol. The highest BCUT2D eigenvalue weighted by atomic mass is 127. The molecule has 0 spiro atoms. The smallest absolute Gasteiger partial charge is 0.251 e. The van der Waals surface area contributed by atoms with E-state index in [0.29, 0.717) is 11.5 Å². The number of likely N-dealkylation sites (tertiary alicyclic amines) is 1. The number of carbonyl (C=O) groups is 1. The molecular formula is C14H18IN3OS. The number of nitrogens with zero attached hydrogens (tertiary/aromatic N) is 1. The van der Waals surface area contributed by atoms with Crippen LogP contribution < -0.4 is 11.1 Å². The van der Waals surface area contributed by atoms with Crippen molar-refractivity contribution in [3.63, 3.8) is 0 Å². The SMILES string of the molecule is NC(=S)CN1CCC(NC(=O)c2ccc(I)cc2)CC1. The molecule has 3 N–H and O–H groups in total. The summed E-state index contributed by atoms with van der Waals surface area (Å²) in [7, 11) is 0. The van der Waals surface area contributed by atoms with E-state index in [1.54, 1.807) is 0 Å². The van der Waals surface area contributed by atoms with Crippen LogP contribution in [0.25, 0.3) is 0 Å². The van der Waals surface area contributed by atoms with Crippen molar-refractivity contribution in [2.75, 3.05) is 19.6 Å². The number of hydrogen-bond acceptors (Lipinski definition) is 3. The van der Waals surface area contributed by atoms with Gasteiger partial charge in [0, 0.05) is 34.8 Å². The molecule has 0 radical (unpaired) electrons. The first-order chi connectivity index (χ1) is 9.54. The van der Waals surface area contributed by atoms with Crippen LogP contribution >= 0.6 is 34.8 Å². The summed E-state index contributed by atoms with van der Waals surface area (Å²) in [4.78, 5) is 14.9. The lowest BCUT2D eigenvalue weighted by atomic mass is 10.0. The van der Waals surface area contributed by atoms with Crippen molar-refractivity contribution in [1.29, 1.82) is 0 Å². The maximum atomic E-state index is 12.1. The molecule has 4 nitrogen and oxygen atoms in total. The number of rotatable bonds is 4. The van der Waals surface area contributed by atoms with Crippen molar-refractivity contribution < 1.29 is 4.79 Å². The molecule has 1 aliphatic heterocycles. The van der Waals surface area contributed by atoms with Gasteiger partial charge in [-0.25, -0.2) is 0 Å². The number of hydrogen-bond donors (Lipinski definition) is 2. The van der Waals surface area contributed by atoms with Crippen molar-refractivity contribution in [1.82, 2.24) is 10.2 Å². The zero-order valence-corrected chi connectivity index (χ0v) is 14.1. The highest BCUT2D eigenvalue weighted by Gasteiger charge is 2.21. The van der Waals surface area contributed by atoms with Gasteiger partial charge in [-0.2, -0.15) is 0 Å². The van der Waals surface area contributed by atoms with E-state index in [9.17, 15) is 4.79 Å². The molecule has 0 unspecified atom stereocenters. The van der Waals surface area contributed by atoms with Crippen LogP contribution in [0.4, 0.5) is 0 Å². The summed E-state index contributed by atoms with van der Waals surface area (Å²) in [6.07, 6.45) is 1.89. The van der Waals surface area contributed by atoms with Gasteiger partial charge >= 0.3 is 0 Å². The summed E-state index contributed by atoms with van der Waals surface area (Å²) in [5.74, 6) is 0.00851. The van der Waals surface area contributed by atoms with Gasteiger partial charge in [-0.1, -0.05) is 12.2 Å². The van der Waals surface area contributed by atoms with Crippen LogP contribution in [0.15, 0.2) is 24.3 Å². The van der Waals surface area contributed by atoms with Gasteiger partial charge in [-0.3, -0.25) is 9.69 Å². The van der Waals surface area contributed by atoms with Crippen molar-refractivity contribution in [3.05, 3.63) is 33.4 Å². The van der Waals surface area contributed by atoms with Gasteiger partial charge in [0.05, 0.1) is 4.99 Å².